The number of fused-ring (bicyclic) bond motifs is 1. The average Bonchev–Trinajstić information content (AvgIpc) is 2.65. The molecular weight excluding hydrogens is 336 g/mol. The molecule has 0 saturated carbocycles. The quantitative estimate of drug-likeness (QED) is 0.727. The second-order valence-electron chi connectivity index (χ2n) is 5.77. The minimum Gasteiger partial charge on any atom is -0.480 e. The number of aliphatic carboxylic acids is 1. The van der Waals surface area contributed by atoms with Crippen molar-refractivity contribution in [2.45, 2.75) is 6.92 Å². The molecule has 0 atom stereocenters. The molecule has 0 aliphatic heterocycles. The number of carbonyl (C=O) groups excluding carboxylic acids is 1. The van der Waals surface area contributed by atoms with Gasteiger partial charge in [-0.25, -0.2) is 0 Å². The maximum absolute atomic E-state index is 12.6. The third-order valence-corrected chi connectivity index (χ3v) is 4.13. The van der Waals surface area contributed by atoms with Gasteiger partial charge in [0.15, 0.2) is 0 Å². The van der Waals surface area contributed by atoms with Crippen LogP contribution in [0.25, 0.3) is 22.2 Å². The molecule has 8 nitrogen and oxygen atoms in total. The Balaban J connectivity index is 2.19. The van der Waals surface area contributed by atoms with Crippen LogP contribution in [0.4, 0.5) is 0 Å². The molecule has 0 fully saturated rings. The number of pyridine rings is 3. The third-order valence-electron chi connectivity index (χ3n) is 4.13. The van der Waals surface area contributed by atoms with Gasteiger partial charge >= 0.3 is 5.97 Å². The summed E-state index contributed by atoms with van der Waals surface area (Å²) in [7, 11) is 1.55. The fourth-order valence-corrected chi connectivity index (χ4v) is 2.77. The molecule has 0 aromatic carbocycles. The van der Waals surface area contributed by atoms with Gasteiger partial charge in [-0.05, 0) is 30.7 Å². The van der Waals surface area contributed by atoms with Gasteiger partial charge in [0, 0.05) is 30.4 Å². The van der Waals surface area contributed by atoms with E-state index in [9.17, 15) is 14.4 Å². The van der Waals surface area contributed by atoms with Crippen molar-refractivity contribution in [3.05, 3.63) is 58.3 Å². The first-order valence-electron chi connectivity index (χ1n) is 7.80. The van der Waals surface area contributed by atoms with E-state index in [1.54, 1.807) is 44.7 Å². The van der Waals surface area contributed by atoms with Crippen LogP contribution in [0.3, 0.4) is 0 Å². The summed E-state index contributed by atoms with van der Waals surface area (Å²) in [6.45, 7) is 1.10. The molecule has 0 saturated heterocycles. The van der Waals surface area contributed by atoms with Gasteiger partial charge in [-0.15, -0.1) is 0 Å². The molecular formula is C18H16N4O4. The van der Waals surface area contributed by atoms with E-state index in [4.69, 9.17) is 5.11 Å². The standard InChI is InChI=1S/C18H16N4O4/c1-10-12-6-13(11-4-3-5-19-7-11)20-8-14(12)22(2)18(26)16(10)17(25)21-9-15(23)24/h3-8H,9H2,1-2H3,(H,21,25)(H,23,24). The van der Waals surface area contributed by atoms with E-state index in [0.29, 0.717) is 22.2 Å². The summed E-state index contributed by atoms with van der Waals surface area (Å²) in [6.07, 6.45) is 4.90. The normalized spacial score (nSPS) is 10.7. The van der Waals surface area contributed by atoms with Crippen molar-refractivity contribution < 1.29 is 14.7 Å². The topological polar surface area (TPSA) is 114 Å². The maximum Gasteiger partial charge on any atom is 0.322 e. The Morgan fingerprint density at radius 2 is 2.08 bits per heavy atom. The first kappa shape index (κ1) is 17.3. The minimum absolute atomic E-state index is 0.0791. The van der Waals surface area contributed by atoms with Crippen LogP contribution in [0, 0.1) is 6.92 Å². The molecule has 0 bridgehead atoms. The number of hydrogen-bond acceptors (Lipinski definition) is 5. The van der Waals surface area contributed by atoms with Gasteiger partial charge in [0.2, 0.25) is 0 Å². The zero-order chi connectivity index (χ0) is 18.8. The summed E-state index contributed by atoms with van der Waals surface area (Å²) in [4.78, 5) is 44.0. The molecule has 132 valence electrons. The summed E-state index contributed by atoms with van der Waals surface area (Å²) in [5, 5.41) is 11.6. The molecule has 3 aromatic rings. The summed E-state index contributed by atoms with van der Waals surface area (Å²) in [5.41, 5.74) is 1.93. The van der Waals surface area contributed by atoms with E-state index in [0.717, 1.165) is 5.56 Å². The van der Waals surface area contributed by atoms with E-state index in [1.807, 2.05) is 6.07 Å². The Bertz CT molecular complexity index is 1070. The first-order chi connectivity index (χ1) is 12.4. The van der Waals surface area contributed by atoms with Crippen LogP contribution in [0.5, 0.6) is 0 Å². The van der Waals surface area contributed by atoms with Gasteiger partial charge in [0.25, 0.3) is 11.5 Å². The second-order valence-corrected chi connectivity index (χ2v) is 5.77. The lowest BCUT2D eigenvalue weighted by atomic mass is 10.0. The Hall–Kier alpha value is -3.55. The Morgan fingerprint density at radius 1 is 1.31 bits per heavy atom. The molecule has 3 aromatic heterocycles. The number of nitrogens with zero attached hydrogens (tertiary/aromatic N) is 3. The third kappa shape index (κ3) is 3.04. The van der Waals surface area contributed by atoms with Gasteiger partial charge in [-0.2, -0.15) is 0 Å². The molecule has 26 heavy (non-hydrogen) atoms. The maximum atomic E-state index is 12.6. The minimum atomic E-state index is -1.18. The molecule has 8 heteroatoms. The predicted molar refractivity (Wildman–Crippen MR) is 94.9 cm³/mol. The highest BCUT2D eigenvalue weighted by Gasteiger charge is 2.20. The van der Waals surface area contributed by atoms with Crippen molar-refractivity contribution in [3.8, 4) is 11.3 Å². The monoisotopic (exact) mass is 352 g/mol. The van der Waals surface area contributed by atoms with Crippen LogP contribution in [0.15, 0.2) is 41.6 Å². The number of rotatable bonds is 4. The van der Waals surface area contributed by atoms with Gasteiger partial charge in [0.1, 0.15) is 12.1 Å². The van der Waals surface area contributed by atoms with E-state index in [-0.39, 0.29) is 5.56 Å². The first-order valence-corrected chi connectivity index (χ1v) is 7.80. The van der Waals surface area contributed by atoms with Crippen molar-refractivity contribution in [2.75, 3.05) is 6.54 Å². The van der Waals surface area contributed by atoms with Gasteiger partial charge < -0.3 is 15.0 Å². The number of hydrogen-bond donors (Lipinski definition) is 2. The molecule has 0 radical (unpaired) electrons. The van der Waals surface area contributed by atoms with Crippen LogP contribution in [-0.4, -0.2) is 38.1 Å². The Labute approximate surface area is 148 Å². The predicted octanol–water partition coefficient (Wildman–Crippen LogP) is 1.12. The molecule has 0 unspecified atom stereocenters. The van der Waals surface area contributed by atoms with Gasteiger partial charge in [-0.1, -0.05) is 0 Å². The van der Waals surface area contributed by atoms with Crippen molar-refractivity contribution in [1.82, 2.24) is 19.9 Å². The van der Waals surface area contributed by atoms with Crippen LogP contribution in [-0.2, 0) is 11.8 Å². The van der Waals surface area contributed by atoms with Crippen molar-refractivity contribution in [1.29, 1.82) is 0 Å². The van der Waals surface area contributed by atoms with E-state index in [2.05, 4.69) is 15.3 Å². The molecule has 0 aliphatic rings. The van der Waals surface area contributed by atoms with Crippen LogP contribution in [0.1, 0.15) is 15.9 Å². The summed E-state index contributed by atoms with van der Waals surface area (Å²) >= 11 is 0. The number of aryl methyl sites for hydroxylation is 2. The smallest absolute Gasteiger partial charge is 0.322 e. The van der Waals surface area contributed by atoms with E-state index >= 15 is 0 Å². The number of carboxylic acids is 1. The molecule has 3 rings (SSSR count). The SMILES string of the molecule is Cc1c(C(=O)NCC(=O)O)c(=O)n(C)c2cnc(-c3cccnc3)cc12. The molecule has 0 spiro atoms. The van der Waals surface area contributed by atoms with Gasteiger partial charge in [-0.3, -0.25) is 24.4 Å². The second kappa shape index (κ2) is 6.75. The molecule has 2 N–H and O–H groups in total. The van der Waals surface area contributed by atoms with E-state index in [1.165, 1.54) is 4.57 Å². The lowest BCUT2D eigenvalue weighted by Gasteiger charge is -2.13. The summed E-state index contributed by atoms with van der Waals surface area (Å²) in [6, 6.07) is 5.44. The fraction of sp³-hybridized carbons (Fsp3) is 0.167. The lowest BCUT2D eigenvalue weighted by molar-refractivity contribution is -0.135. The number of amides is 1. The number of carbonyl (C=O) groups is 2. The number of carboxylic acid groups (broad SMARTS) is 1. The zero-order valence-electron chi connectivity index (χ0n) is 14.2. The van der Waals surface area contributed by atoms with E-state index < -0.39 is 24.0 Å². The number of aromatic nitrogens is 3. The van der Waals surface area contributed by atoms with Crippen LogP contribution in [0.2, 0.25) is 0 Å². The highest BCUT2D eigenvalue weighted by molar-refractivity contribution is 6.01. The average molecular weight is 352 g/mol. The van der Waals surface area contributed by atoms with Crippen molar-refractivity contribution in [3.63, 3.8) is 0 Å². The zero-order valence-corrected chi connectivity index (χ0v) is 14.2. The summed E-state index contributed by atoms with van der Waals surface area (Å²) in [5.74, 6) is -1.90. The highest BCUT2D eigenvalue weighted by Crippen LogP contribution is 2.24. The fourth-order valence-electron chi connectivity index (χ4n) is 2.77. The molecule has 3 heterocycles. The molecule has 0 aliphatic carbocycles. The highest BCUT2D eigenvalue weighted by atomic mass is 16.4. The Kier molecular flexibility index (Phi) is 4.49. The van der Waals surface area contributed by atoms with Crippen molar-refractivity contribution >= 4 is 22.8 Å². The Morgan fingerprint density at radius 3 is 2.73 bits per heavy atom. The number of nitrogens with one attached hydrogen (secondary N) is 1. The largest absolute Gasteiger partial charge is 0.480 e. The molecule has 1 amide bonds. The van der Waals surface area contributed by atoms with Crippen LogP contribution >= 0.6 is 0 Å². The lowest BCUT2D eigenvalue weighted by Crippen LogP contribution is -2.36. The van der Waals surface area contributed by atoms with Gasteiger partial charge in [0.05, 0.1) is 17.4 Å². The van der Waals surface area contributed by atoms with Crippen molar-refractivity contribution in [2.24, 2.45) is 7.05 Å². The summed E-state index contributed by atoms with van der Waals surface area (Å²) < 4.78 is 1.33. The van der Waals surface area contributed by atoms with Crippen LogP contribution < -0.4 is 10.9 Å².